The van der Waals surface area contributed by atoms with E-state index in [4.69, 9.17) is 14.2 Å². The molecule has 5 nitrogen and oxygen atoms in total. The summed E-state index contributed by atoms with van der Waals surface area (Å²) in [6.45, 7) is 6.21. The summed E-state index contributed by atoms with van der Waals surface area (Å²) in [6.07, 6.45) is 0.718. The Morgan fingerprint density at radius 2 is 1.78 bits per heavy atom. The minimum atomic E-state index is -0.0836. The van der Waals surface area contributed by atoms with Gasteiger partial charge in [0.1, 0.15) is 0 Å². The molecule has 2 aromatic carbocycles. The summed E-state index contributed by atoms with van der Waals surface area (Å²) in [5, 5.41) is 0. The highest BCUT2D eigenvalue weighted by molar-refractivity contribution is 5.98. The van der Waals surface area contributed by atoms with E-state index in [2.05, 4.69) is 0 Å². The summed E-state index contributed by atoms with van der Waals surface area (Å²) < 4.78 is 16.8. The van der Waals surface area contributed by atoms with Gasteiger partial charge in [-0.3, -0.25) is 4.79 Å². The molecule has 0 saturated carbocycles. The van der Waals surface area contributed by atoms with Crippen molar-refractivity contribution in [2.45, 2.75) is 32.9 Å². The number of nitrogens with zero attached hydrogens (tertiary/aromatic N) is 1. The molecule has 0 bridgehead atoms. The molecule has 0 radical (unpaired) electrons. The Balaban J connectivity index is 1.94. The summed E-state index contributed by atoms with van der Waals surface area (Å²) in [7, 11) is 1.68. The zero-order valence-corrected chi connectivity index (χ0v) is 16.2. The van der Waals surface area contributed by atoms with Crippen molar-refractivity contribution in [2.75, 3.05) is 26.9 Å². The zero-order valence-electron chi connectivity index (χ0n) is 16.2. The van der Waals surface area contributed by atoms with E-state index in [-0.39, 0.29) is 11.9 Å². The molecule has 144 valence electrons. The van der Waals surface area contributed by atoms with Crippen molar-refractivity contribution in [1.82, 2.24) is 4.90 Å². The van der Waals surface area contributed by atoms with Crippen molar-refractivity contribution in [1.29, 1.82) is 0 Å². The molecule has 2 aromatic rings. The van der Waals surface area contributed by atoms with E-state index in [1.54, 1.807) is 7.11 Å². The molecule has 3 rings (SSSR count). The van der Waals surface area contributed by atoms with Crippen LogP contribution in [0.5, 0.6) is 11.5 Å². The van der Waals surface area contributed by atoms with E-state index in [9.17, 15) is 4.79 Å². The molecular weight excluding hydrogens is 342 g/mol. The Labute approximate surface area is 160 Å². The number of benzene rings is 2. The van der Waals surface area contributed by atoms with Crippen molar-refractivity contribution in [3.8, 4) is 11.5 Å². The second kappa shape index (κ2) is 8.91. The third-order valence-electron chi connectivity index (χ3n) is 4.77. The first-order valence-electron chi connectivity index (χ1n) is 9.46. The second-order valence-electron chi connectivity index (χ2n) is 6.46. The average Bonchev–Trinajstić information content (AvgIpc) is 3.01. The van der Waals surface area contributed by atoms with Gasteiger partial charge in [0.25, 0.3) is 5.91 Å². The van der Waals surface area contributed by atoms with Crippen molar-refractivity contribution >= 4 is 5.91 Å². The highest BCUT2D eigenvalue weighted by Crippen LogP contribution is 2.37. The number of fused-ring (bicyclic) bond motifs is 1. The first-order valence-corrected chi connectivity index (χ1v) is 9.46. The quantitative estimate of drug-likeness (QED) is 0.664. The first-order chi connectivity index (χ1) is 13.2. The van der Waals surface area contributed by atoms with E-state index in [1.807, 2.05) is 61.2 Å². The fourth-order valence-corrected chi connectivity index (χ4v) is 3.54. The molecule has 1 aliphatic heterocycles. The topological polar surface area (TPSA) is 48.0 Å². The van der Waals surface area contributed by atoms with Gasteiger partial charge in [-0.15, -0.1) is 0 Å². The maximum absolute atomic E-state index is 13.0. The Bertz CT molecular complexity index is 790. The number of methoxy groups -OCH3 is 1. The van der Waals surface area contributed by atoms with Crippen molar-refractivity contribution < 1.29 is 19.0 Å². The van der Waals surface area contributed by atoms with Crippen LogP contribution in [0.15, 0.2) is 42.5 Å². The van der Waals surface area contributed by atoms with Gasteiger partial charge >= 0.3 is 0 Å². The smallest absolute Gasteiger partial charge is 0.255 e. The Morgan fingerprint density at radius 1 is 1.04 bits per heavy atom. The third-order valence-corrected chi connectivity index (χ3v) is 4.77. The maximum atomic E-state index is 13.0. The average molecular weight is 369 g/mol. The SMILES string of the molecule is CCOc1ccc(C(CCOC)N2Cc3ccccc3C2=O)cc1OCC. The lowest BCUT2D eigenvalue weighted by molar-refractivity contribution is 0.0652. The maximum Gasteiger partial charge on any atom is 0.255 e. The molecule has 1 atom stereocenters. The lowest BCUT2D eigenvalue weighted by Gasteiger charge is -2.29. The van der Waals surface area contributed by atoms with Crippen LogP contribution >= 0.6 is 0 Å². The van der Waals surface area contributed by atoms with Crippen LogP contribution in [0.2, 0.25) is 0 Å². The van der Waals surface area contributed by atoms with E-state index >= 15 is 0 Å². The van der Waals surface area contributed by atoms with Gasteiger partial charge in [-0.05, 0) is 49.6 Å². The summed E-state index contributed by atoms with van der Waals surface area (Å²) in [4.78, 5) is 14.9. The second-order valence-corrected chi connectivity index (χ2v) is 6.46. The van der Waals surface area contributed by atoms with Gasteiger partial charge in [-0.2, -0.15) is 0 Å². The minimum Gasteiger partial charge on any atom is -0.490 e. The van der Waals surface area contributed by atoms with E-state index in [1.165, 1.54) is 0 Å². The largest absolute Gasteiger partial charge is 0.490 e. The number of carbonyl (C=O) groups excluding carboxylic acids is 1. The van der Waals surface area contributed by atoms with Gasteiger partial charge in [0.15, 0.2) is 11.5 Å². The fourth-order valence-electron chi connectivity index (χ4n) is 3.54. The van der Waals surface area contributed by atoms with Crippen LogP contribution in [0, 0.1) is 0 Å². The van der Waals surface area contributed by atoms with Crippen molar-refractivity contribution in [2.24, 2.45) is 0 Å². The standard InChI is InChI=1S/C22H27NO4/c1-4-26-20-11-10-16(14-21(20)27-5-2)19(12-13-25-3)23-15-17-8-6-7-9-18(17)22(23)24/h6-11,14,19H,4-5,12-13,15H2,1-3H3. The van der Waals surface area contributed by atoms with Gasteiger partial charge < -0.3 is 19.1 Å². The highest BCUT2D eigenvalue weighted by Gasteiger charge is 2.33. The Hall–Kier alpha value is -2.53. The van der Waals surface area contributed by atoms with Crippen LogP contribution in [-0.4, -0.2) is 37.7 Å². The minimum absolute atomic E-state index is 0.0681. The summed E-state index contributed by atoms with van der Waals surface area (Å²) in [5.41, 5.74) is 2.89. The van der Waals surface area contributed by atoms with E-state index in [0.29, 0.717) is 32.1 Å². The lowest BCUT2D eigenvalue weighted by atomic mass is 10.0. The predicted molar refractivity (Wildman–Crippen MR) is 104 cm³/mol. The first kappa shape index (κ1) is 19.2. The Kier molecular flexibility index (Phi) is 6.35. The van der Waals surface area contributed by atoms with Crippen LogP contribution in [0.1, 0.15) is 47.8 Å². The predicted octanol–water partition coefficient (Wildman–Crippen LogP) is 4.22. The molecule has 27 heavy (non-hydrogen) atoms. The molecule has 0 aromatic heterocycles. The van der Waals surface area contributed by atoms with Crippen molar-refractivity contribution in [3.63, 3.8) is 0 Å². The van der Waals surface area contributed by atoms with Crippen LogP contribution in [0.25, 0.3) is 0 Å². The zero-order chi connectivity index (χ0) is 19.2. The molecule has 0 saturated heterocycles. The number of amides is 1. The number of hydrogen-bond acceptors (Lipinski definition) is 4. The summed E-state index contributed by atoms with van der Waals surface area (Å²) in [5.74, 6) is 1.51. The Morgan fingerprint density at radius 3 is 2.48 bits per heavy atom. The number of ether oxygens (including phenoxy) is 3. The number of hydrogen-bond donors (Lipinski definition) is 0. The van der Waals surface area contributed by atoms with E-state index < -0.39 is 0 Å². The van der Waals surface area contributed by atoms with Gasteiger partial charge in [-0.1, -0.05) is 24.3 Å². The summed E-state index contributed by atoms with van der Waals surface area (Å²) >= 11 is 0. The van der Waals surface area contributed by atoms with Crippen LogP contribution in [0.4, 0.5) is 0 Å². The molecule has 1 heterocycles. The normalized spacial score (nSPS) is 14.2. The lowest BCUT2D eigenvalue weighted by Crippen LogP contribution is -2.30. The van der Waals surface area contributed by atoms with E-state index in [0.717, 1.165) is 28.9 Å². The molecule has 5 heteroatoms. The summed E-state index contributed by atoms with van der Waals surface area (Å²) in [6, 6.07) is 13.7. The molecule has 0 spiro atoms. The molecule has 1 amide bonds. The van der Waals surface area contributed by atoms with Gasteiger partial charge in [-0.25, -0.2) is 0 Å². The van der Waals surface area contributed by atoms with Crippen LogP contribution in [-0.2, 0) is 11.3 Å². The monoisotopic (exact) mass is 369 g/mol. The molecule has 0 fully saturated rings. The van der Waals surface area contributed by atoms with Gasteiger partial charge in [0, 0.05) is 25.8 Å². The van der Waals surface area contributed by atoms with Gasteiger partial charge in [0.05, 0.1) is 19.3 Å². The fraction of sp³-hybridized carbons (Fsp3) is 0.409. The molecular formula is C22H27NO4. The van der Waals surface area contributed by atoms with Crippen LogP contribution < -0.4 is 9.47 Å². The molecule has 0 aliphatic carbocycles. The van der Waals surface area contributed by atoms with Gasteiger partial charge in [0.2, 0.25) is 0 Å². The van der Waals surface area contributed by atoms with Crippen LogP contribution in [0.3, 0.4) is 0 Å². The number of rotatable bonds is 9. The molecule has 1 aliphatic rings. The third kappa shape index (κ3) is 4.08. The highest BCUT2D eigenvalue weighted by atomic mass is 16.5. The van der Waals surface area contributed by atoms with Crippen molar-refractivity contribution in [3.05, 3.63) is 59.2 Å². The number of carbonyl (C=O) groups is 1. The molecule has 0 N–H and O–H groups in total. The molecule has 1 unspecified atom stereocenters.